The number of nitrogens with zero attached hydrogens (tertiary/aromatic N) is 2. The summed E-state index contributed by atoms with van der Waals surface area (Å²) in [6, 6.07) is 2.98. The molecule has 0 saturated carbocycles. The average molecular weight is 281 g/mol. The first-order chi connectivity index (χ1) is 10.3. The molecule has 0 spiro atoms. The third kappa shape index (κ3) is 2.62. The van der Waals surface area contributed by atoms with Gasteiger partial charge in [0.05, 0.1) is 11.9 Å². The monoisotopic (exact) mass is 281 g/mol. The van der Waals surface area contributed by atoms with Gasteiger partial charge in [-0.2, -0.15) is 0 Å². The van der Waals surface area contributed by atoms with Crippen molar-refractivity contribution in [1.29, 1.82) is 0 Å². The van der Waals surface area contributed by atoms with E-state index in [2.05, 4.69) is 46.4 Å². The smallest absolute Gasteiger partial charge is 0.0559 e. The van der Waals surface area contributed by atoms with Gasteiger partial charge in [0.15, 0.2) is 0 Å². The maximum absolute atomic E-state index is 4.49. The number of hydrogen-bond donors (Lipinski definition) is 1. The molecule has 2 saturated heterocycles. The Hall–Kier alpha value is -1.61. The summed E-state index contributed by atoms with van der Waals surface area (Å²) in [6.45, 7) is 5.73. The van der Waals surface area contributed by atoms with E-state index in [0.717, 1.165) is 18.9 Å². The molecule has 1 aromatic rings. The zero-order valence-electron chi connectivity index (χ0n) is 12.6. The lowest BCUT2D eigenvalue weighted by atomic mass is 9.94. The van der Waals surface area contributed by atoms with Gasteiger partial charge in [-0.15, -0.1) is 0 Å². The summed E-state index contributed by atoms with van der Waals surface area (Å²) in [7, 11) is 0. The van der Waals surface area contributed by atoms with Crippen LogP contribution < -0.4 is 10.2 Å². The van der Waals surface area contributed by atoms with Crippen molar-refractivity contribution in [2.24, 2.45) is 11.8 Å². The molecule has 2 bridgehead atoms. The lowest BCUT2D eigenvalue weighted by molar-refractivity contribution is 0.474. The molecule has 3 unspecified atom stereocenters. The van der Waals surface area contributed by atoms with Crippen LogP contribution in [0, 0.1) is 11.8 Å². The Morgan fingerprint density at radius 1 is 1.29 bits per heavy atom. The van der Waals surface area contributed by atoms with Crippen LogP contribution in [0.2, 0.25) is 0 Å². The fourth-order valence-corrected chi connectivity index (χ4v) is 3.74. The van der Waals surface area contributed by atoms with Crippen LogP contribution in [0.15, 0.2) is 36.7 Å². The molecule has 0 radical (unpaired) electrons. The molecule has 3 nitrogen and oxygen atoms in total. The van der Waals surface area contributed by atoms with Gasteiger partial charge in [0.25, 0.3) is 0 Å². The molecule has 0 aromatic carbocycles. The Morgan fingerprint density at radius 3 is 3.05 bits per heavy atom. The van der Waals surface area contributed by atoms with E-state index in [9.17, 15) is 0 Å². The molecular weight excluding hydrogens is 258 g/mol. The third-order valence-corrected chi connectivity index (χ3v) is 4.97. The van der Waals surface area contributed by atoms with Crippen molar-refractivity contribution >= 4 is 11.3 Å². The molecule has 3 aliphatic rings. The first-order valence-electron chi connectivity index (χ1n) is 8.10. The van der Waals surface area contributed by atoms with Crippen LogP contribution in [-0.2, 0) is 0 Å². The number of rotatable bonds is 2. The van der Waals surface area contributed by atoms with Crippen molar-refractivity contribution in [3.05, 3.63) is 42.3 Å². The van der Waals surface area contributed by atoms with Crippen molar-refractivity contribution in [2.75, 3.05) is 24.5 Å². The van der Waals surface area contributed by atoms with E-state index >= 15 is 0 Å². The van der Waals surface area contributed by atoms with Crippen LogP contribution in [0.3, 0.4) is 0 Å². The van der Waals surface area contributed by atoms with Crippen LogP contribution in [0.4, 0.5) is 5.69 Å². The Bertz CT molecular complexity index is 578. The Kier molecular flexibility index (Phi) is 3.30. The molecule has 3 heteroatoms. The molecular formula is C18H23N3. The minimum atomic E-state index is 0.661. The van der Waals surface area contributed by atoms with Gasteiger partial charge < -0.3 is 10.2 Å². The lowest BCUT2D eigenvalue weighted by Gasteiger charge is -2.33. The maximum Gasteiger partial charge on any atom is 0.0559 e. The molecule has 2 aliphatic heterocycles. The van der Waals surface area contributed by atoms with Gasteiger partial charge in [-0.05, 0) is 36.3 Å². The van der Waals surface area contributed by atoms with E-state index in [-0.39, 0.29) is 0 Å². The van der Waals surface area contributed by atoms with Crippen molar-refractivity contribution in [3.8, 4) is 0 Å². The number of nitrogens with one attached hydrogen (secondary N) is 1. The standard InChI is InChI=1S/C18H23N3/c1-13-2-4-15(5-3-13)16-7-18(10-19-9-16)21-11-14-6-17(12-21)20-8-14/h2,4-5,7,9-10,13-14,17,20H,3,6,8,11-12H2,1H3. The summed E-state index contributed by atoms with van der Waals surface area (Å²) in [5, 5.41) is 3.62. The van der Waals surface area contributed by atoms with E-state index in [1.54, 1.807) is 0 Å². The van der Waals surface area contributed by atoms with Crippen LogP contribution in [0.5, 0.6) is 0 Å². The van der Waals surface area contributed by atoms with E-state index in [0.29, 0.717) is 12.0 Å². The number of allylic oxidation sites excluding steroid dienone is 4. The number of fused-ring (bicyclic) bond motifs is 2. The maximum atomic E-state index is 4.49. The van der Waals surface area contributed by atoms with Crippen molar-refractivity contribution in [3.63, 3.8) is 0 Å². The number of hydrogen-bond acceptors (Lipinski definition) is 3. The quantitative estimate of drug-likeness (QED) is 0.903. The van der Waals surface area contributed by atoms with Gasteiger partial charge in [0, 0.05) is 37.4 Å². The van der Waals surface area contributed by atoms with Gasteiger partial charge in [0.1, 0.15) is 0 Å². The fourth-order valence-electron chi connectivity index (χ4n) is 3.74. The summed E-state index contributed by atoms with van der Waals surface area (Å²) in [5.74, 6) is 1.47. The number of piperidine rings is 1. The highest BCUT2D eigenvalue weighted by molar-refractivity contribution is 5.76. The molecule has 1 aromatic heterocycles. The first-order valence-corrected chi connectivity index (χ1v) is 8.10. The van der Waals surface area contributed by atoms with Crippen molar-refractivity contribution in [1.82, 2.24) is 10.3 Å². The molecule has 3 heterocycles. The molecule has 3 atom stereocenters. The lowest BCUT2D eigenvalue weighted by Crippen LogP contribution is -2.41. The van der Waals surface area contributed by atoms with E-state index in [1.807, 2.05) is 12.4 Å². The minimum Gasteiger partial charge on any atom is -0.368 e. The largest absolute Gasteiger partial charge is 0.368 e. The average Bonchev–Trinajstić information content (AvgIpc) is 2.86. The molecule has 2 fully saturated rings. The number of pyridine rings is 1. The predicted molar refractivity (Wildman–Crippen MR) is 87.2 cm³/mol. The number of aromatic nitrogens is 1. The zero-order chi connectivity index (χ0) is 14.2. The summed E-state index contributed by atoms with van der Waals surface area (Å²) in [5.41, 5.74) is 3.85. The molecule has 21 heavy (non-hydrogen) atoms. The van der Waals surface area contributed by atoms with Crippen LogP contribution in [0.25, 0.3) is 5.57 Å². The Labute approximate surface area is 126 Å². The van der Waals surface area contributed by atoms with Gasteiger partial charge in [-0.1, -0.05) is 25.2 Å². The van der Waals surface area contributed by atoms with Gasteiger partial charge >= 0.3 is 0 Å². The van der Waals surface area contributed by atoms with Gasteiger partial charge in [-0.25, -0.2) is 0 Å². The SMILES string of the molecule is CC1C=CC(c2cncc(N3CC4CNC(C4)C3)c2)=CC1. The fraction of sp³-hybridized carbons (Fsp3) is 0.500. The highest BCUT2D eigenvalue weighted by Gasteiger charge is 2.32. The topological polar surface area (TPSA) is 28.2 Å². The van der Waals surface area contributed by atoms with E-state index in [4.69, 9.17) is 0 Å². The summed E-state index contributed by atoms with van der Waals surface area (Å²) >= 11 is 0. The van der Waals surface area contributed by atoms with Crippen LogP contribution in [0.1, 0.15) is 25.3 Å². The third-order valence-electron chi connectivity index (χ3n) is 4.97. The van der Waals surface area contributed by atoms with Crippen molar-refractivity contribution < 1.29 is 0 Å². The van der Waals surface area contributed by atoms with Gasteiger partial charge in [0.2, 0.25) is 0 Å². The second kappa shape index (κ2) is 5.30. The predicted octanol–water partition coefficient (Wildman–Crippen LogP) is 2.86. The van der Waals surface area contributed by atoms with Crippen LogP contribution in [-0.4, -0.2) is 30.7 Å². The Morgan fingerprint density at radius 2 is 2.24 bits per heavy atom. The van der Waals surface area contributed by atoms with Crippen molar-refractivity contribution in [2.45, 2.75) is 25.8 Å². The zero-order valence-corrected chi connectivity index (χ0v) is 12.6. The Balaban J connectivity index is 1.57. The molecule has 4 rings (SSSR count). The second-order valence-corrected chi connectivity index (χ2v) is 6.78. The second-order valence-electron chi connectivity index (χ2n) is 6.78. The normalized spacial score (nSPS) is 31.4. The molecule has 0 amide bonds. The molecule has 1 aliphatic carbocycles. The highest BCUT2D eigenvalue weighted by atomic mass is 15.2. The summed E-state index contributed by atoms with van der Waals surface area (Å²) in [4.78, 5) is 6.99. The minimum absolute atomic E-state index is 0.661. The van der Waals surface area contributed by atoms with E-state index < -0.39 is 0 Å². The van der Waals surface area contributed by atoms with E-state index in [1.165, 1.54) is 36.3 Å². The first kappa shape index (κ1) is 13.1. The molecule has 1 N–H and O–H groups in total. The van der Waals surface area contributed by atoms with Gasteiger partial charge in [-0.3, -0.25) is 4.98 Å². The van der Waals surface area contributed by atoms with Crippen LogP contribution >= 0.6 is 0 Å². The summed E-state index contributed by atoms with van der Waals surface area (Å²) in [6.07, 6.45) is 13.4. The molecule has 110 valence electrons. The summed E-state index contributed by atoms with van der Waals surface area (Å²) < 4.78 is 0. The highest BCUT2D eigenvalue weighted by Crippen LogP contribution is 2.29. The number of anilines is 1.